The Balaban J connectivity index is 1.28. The highest BCUT2D eigenvalue weighted by Crippen LogP contribution is 2.42. The molecule has 254 valence electrons. The number of rotatable bonds is 14. The zero-order valence-corrected chi connectivity index (χ0v) is 27.8. The van der Waals surface area contributed by atoms with Crippen molar-refractivity contribution in [2.45, 2.75) is 96.1 Å². The molecule has 1 aliphatic heterocycles. The number of alkyl halides is 1. The first-order chi connectivity index (χ1) is 22.3. The summed E-state index contributed by atoms with van der Waals surface area (Å²) in [6.07, 6.45) is 10.1. The molecule has 5 rings (SSSR count). The van der Waals surface area contributed by atoms with Gasteiger partial charge in [0.1, 0.15) is 5.58 Å². The molecule has 3 fully saturated rings. The second-order valence-corrected chi connectivity index (χ2v) is 13.9. The first-order valence-corrected chi connectivity index (χ1v) is 17.4. The minimum Gasteiger partial charge on any atom is -0.460 e. The van der Waals surface area contributed by atoms with Gasteiger partial charge in [-0.25, -0.2) is 4.79 Å². The highest BCUT2D eigenvalue weighted by atomic mass is 19.1. The third-order valence-electron chi connectivity index (χ3n) is 11.0. The largest absolute Gasteiger partial charge is 0.460 e. The fourth-order valence-electron chi connectivity index (χ4n) is 8.21. The van der Waals surface area contributed by atoms with Gasteiger partial charge < -0.3 is 23.5 Å². The van der Waals surface area contributed by atoms with E-state index in [4.69, 9.17) is 18.6 Å². The van der Waals surface area contributed by atoms with Crippen LogP contribution in [-0.4, -0.2) is 75.4 Å². The number of methoxy groups -OCH3 is 2. The maximum Gasteiger partial charge on any atom is 0.374 e. The number of carbonyl (C=O) groups excluding carboxylic acids is 3. The van der Waals surface area contributed by atoms with Gasteiger partial charge in [0.25, 0.3) is 0 Å². The molecule has 2 heterocycles. The summed E-state index contributed by atoms with van der Waals surface area (Å²) in [6.45, 7) is 3.17. The Hall–Kier alpha value is -2.78. The summed E-state index contributed by atoms with van der Waals surface area (Å²) in [5.41, 5.74) is 1.39. The minimum atomic E-state index is -0.509. The quantitative estimate of drug-likeness (QED) is 0.163. The minimum absolute atomic E-state index is 0.0316. The average Bonchev–Trinajstić information content (AvgIpc) is 3.72. The van der Waals surface area contributed by atoms with Gasteiger partial charge in [-0.2, -0.15) is 0 Å². The van der Waals surface area contributed by atoms with Gasteiger partial charge in [-0.15, -0.1) is 0 Å². The van der Waals surface area contributed by atoms with Crippen molar-refractivity contribution in [3.05, 3.63) is 35.6 Å². The van der Waals surface area contributed by atoms with Crippen molar-refractivity contribution in [1.29, 1.82) is 0 Å². The molecule has 1 aromatic carbocycles. The number of amides is 1. The molecule has 3 aliphatic rings. The van der Waals surface area contributed by atoms with Crippen molar-refractivity contribution in [3.8, 4) is 0 Å². The number of furan rings is 1. The van der Waals surface area contributed by atoms with Gasteiger partial charge in [0.15, 0.2) is 5.78 Å². The number of ether oxygens (including phenoxy) is 3. The lowest BCUT2D eigenvalue weighted by atomic mass is 9.74. The molecule has 0 unspecified atom stereocenters. The Labute approximate surface area is 272 Å². The molecular weight excluding hydrogens is 589 g/mol. The van der Waals surface area contributed by atoms with Crippen LogP contribution in [0.25, 0.3) is 11.0 Å². The normalized spacial score (nSPS) is 27.5. The van der Waals surface area contributed by atoms with E-state index in [1.54, 1.807) is 26.4 Å². The summed E-state index contributed by atoms with van der Waals surface area (Å²) in [5.74, 6) is 0.599. The lowest BCUT2D eigenvalue weighted by Crippen LogP contribution is -2.48. The summed E-state index contributed by atoms with van der Waals surface area (Å²) in [7, 11) is 3.41. The number of hydrogen-bond acceptors (Lipinski definition) is 7. The predicted molar refractivity (Wildman–Crippen MR) is 173 cm³/mol. The highest BCUT2D eigenvalue weighted by molar-refractivity contribution is 5.94. The number of unbranched alkanes of at least 4 members (excludes halogenated alkanes) is 1. The third-order valence-corrected chi connectivity index (χ3v) is 11.0. The van der Waals surface area contributed by atoms with Gasteiger partial charge in [-0.1, -0.05) is 13.0 Å². The van der Waals surface area contributed by atoms with Crippen LogP contribution < -0.4 is 0 Å². The first-order valence-electron chi connectivity index (χ1n) is 17.4. The number of Topliss-reactive ketones (excluding diaryl/α,β-unsaturated/α-hetero) is 1. The van der Waals surface area contributed by atoms with Gasteiger partial charge in [-0.3, -0.25) is 14.0 Å². The third kappa shape index (κ3) is 8.19. The number of nitrogens with zero attached hydrogens (tertiary/aromatic N) is 1. The smallest absolute Gasteiger partial charge is 0.374 e. The van der Waals surface area contributed by atoms with Crippen molar-refractivity contribution in [2.24, 2.45) is 29.6 Å². The first kappa shape index (κ1) is 34.6. The van der Waals surface area contributed by atoms with Gasteiger partial charge in [0.2, 0.25) is 11.7 Å². The summed E-state index contributed by atoms with van der Waals surface area (Å²) < 4.78 is 35.1. The molecule has 9 heteroatoms. The van der Waals surface area contributed by atoms with E-state index in [0.29, 0.717) is 43.6 Å². The molecule has 46 heavy (non-hydrogen) atoms. The van der Waals surface area contributed by atoms with Gasteiger partial charge in [-0.05, 0) is 118 Å². The van der Waals surface area contributed by atoms with E-state index in [1.807, 2.05) is 24.0 Å². The monoisotopic (exact) mass is 641 g/mol. The van der Waals surface area contributed by atoms with Crippen LogP contribution in [0.3, 0.4) is 0 Å². The predicted octanol–water partition coefficient (Wildman–Crippen LogP) is 6.96. The molecule has 2 aliphatic carbocycles. The van der Waals surface area contributed by atoms with E-state index in [0.717, 1.165) is 75.2 Å². The van der Waals surface area contributed by atoms with E-state index < -0.39 is 12.0 Å². The van der Waals surface area contributed by atoms with Gasteiger partial charge >= 0.3 is 5.97 Å². The zero-order valence-electron chi connectivity index (χ0n) is 27.8. The topological polar surface area (TPSA) is 95.3 Å². The van der Waals surface area contributed by atoms with Crippen molar-refractivity contribution < 1.29 is 37.4 Å². The summed E-state index contributed by atoms with van der Waals surface area (Å²) in [4.78, 5) is 42.7. The maximum absolute atomic E-state index is 14.2. The van der Waals surface area contributed by atoms with Crippen LogP contribution in [0.2, 0.25) is 0 Å². The van der Waals surface area contributed by atoms with Crippen LogP contribution in [0.15, 0.2) is 28.7 Å². The van der Waals surface area contributed by atoms with Crippen LogP contribution in [0.1, 0.15) is 93.7 Å². The number of carbonyl (C=O) groups is 3. The van der Waals surface area contributed by atoms with Crippen molar-refractivity contribution in [3.63, 3.8) is 0 Å². The van der Waals surface area contributed by atoms with Crippen molar-refractivity contribution in [2.75, 3.05) is 40.7 Å². The van der Waals surface area contributed by atoms with E-state index >= 15 is 0 Å². The van der Waals surface area contributed by atoms with Gasteiger partial charge in [0.05, 0.1) is 25.4 Å². The molecule has 3 atom stereocenters. The SMILES string of the molecule is COCCCCOC(=O)c1cc2cc(CC(=O)[C@@H]3[C@H](C4CCC(OC)CC4)CCN3C(=O)C3CCC([C@H](C)CF)CC3)ccc2o1. The molecule has 0 radical (unpaired) electrons. The van der Waals surface area contributed by atoms with Crippen LogP contribution >= 0.6 is 0 Å². The standard InChI is InChI=1S/C37H52FNO7/c1-24(23-38)26-7-9-28(10-8-26)36(41)39-17-16-31(27-11-13-30(44-3)14-12-27)35(39)32(40)21-25-6-15-33-29(20-25)22-34(46-33)37(42)45-19-5-4-18-43-2/h6,15,20,22,24,26-28,30-31,35H,4-5,7-14,16-19,21,23H2,1-3H3/t24-,26?,27?,28?,30?,31+,35+/m1/s1. The Bertz CT molecular complexity index is 1310. The van der Waals surface area contributed by atoms with E-state index in [1.165, 1.54) is 0 Å². The van der Waals surface area contributed by atoms with Gasteiger partial charge in [0, 0.05) is 45.1 Å². The van der Waals surface area contributed by atoms with Crippen LogP contribution in [0.5, 0.6) is 0 Å². The summed E-state index contributed by atoms with van der Waals surface area (Å²) in [5, 5.41) is 0.740. The Morgan fingerprint density at radius 2 is 1.70 bits per heavy atom. The Morgan fingerprint density at radius 1 is 0.957 bits per heavy atom. The zero-order chi connectivity index (χ0) is 32.6. The van der Waals surface area contributed by atoms with Crippen molar-refractivity contribution >= 4 is 28.6 Å². The van der Waals surface area contributed by atoms with Crippen LogP contribution in [0.4, 0.5) is 4.39 Å². The lowest BCUT2D eigenvalue weighted by molar-refractivity contribution is -0.143. The molecule has 1 saturated heterocycles. The maximum atomic E-state index is 14.2. The molecule has 2 aromatic rings. The molecule has 0 bridgehead atoms. The Morgan fingerprint density at radius 3 is 2.39 bits per heavy atom. The number of ketones is 1. The second kappa shape index (κ2) is 16.4. The molecule has 1 amide bonds. The molecule has 0 spiro atoms. The number of fused-ring (bicyclic) bond motifs is 1. The van der Waals surface area contributed by atoms with E-state index in [2.05, 4.69) is 0 Å². The highest BCUT2D eigenvalue weighted by Gasteiger charge is 2.47. The average molecular weight is 642 g/mol. The number of benzene rings is 1. The molecule has 2 saturated carbocycles. The second-order valence-electron chi connectivity index (χ2n) is 13.9. The number of halogens is 1. The fraction of sp³-hybridized carbons (Fsp3) is 0.703. The van der Waals surface area contributed by atoms with E-state index in [9.17, 15) is 18.8 Å². The van der Waals surface area contributed by atoms with Crippen LogP contribution in [-0.2, 0) is 30.2 Å². The number of esters is 1. The fourth-order valence-corrected chi connectivity index (χ4v) is 8.21. The number of hydrogen-bond donors (Lipinski definition) is 0. The summed E-state index contributed by atoms with van der Waals surface area (Å²) in [6, 6.07) is 6.80. The lowest BCUT2D eigenvalue weighted by Gasteiger charge is -2.37. The van der Waals surface area contributed by atoms with Crippen LogP contribution in [0, 0.1) is 29.6 Å². The molecule has 8 nitrogen and oxygen atoms in total. The van der Waals surface area contributed by atoms with E-state index in [-0.39, 0.29) is 54.4 Å². The molecular formula is C37H52FNO7. The Kier molecular flexibility index (Phi) is 12.3. The molecule has 1 aromatic heterocycles. The number of likely N-dealkylation sites (tertiary alicyclic amines) is 1. The molecule has 0 N–H and O–H groups in total. The van der Waals surface area contributed by atoms with Crippen molar-refractivity contribution in [1.82, 2.24) is 4.90 Å². The summed E-state index contributed by atoms with van der Waals surface area (Å²) >= 11 is 0.